The number of ether oxygens (including phenoxy) is 1. The van der Waals surface area contributed by atoms with Crippen molar-refractivity contribution in [1.82, 2.24) is 5.32 Å². The normalized spacial score (nSPS) is 21.2. The Morgan fingerprint density at radius 1 is 1.10 bits per heavy atom. The minimum absolute atomic E-state index is 0.0544. The molecule has 0 aromatic rings. The van der Waals surface area contributed by atoms with Gasteiger partial charge in [-0.05, 0) is 56.4 Å². The fourth-order valence-corrected chi connectivity index (χ4v) is 4.10. The third-order valence-corrected chi connectivity index (χ3v) is 4.35. The summed E-state index contributed by atoms with van der Waals surface area (Å²) in [6.45, 7) is 13.0. The molecule has 1 rings (SSSR count). The highest BCUT2D eigenvalue weighted by Gasteiger charge is 2.37. The predicted molar refractivity (Wildman–Crippen MR) is 88.3 cm³/mol. The molecule has 0 atom stereocenters. The van der Waals surface area contributed by atoms with Gasteiger partial charge in [-0.3, -0.25) is 4.79 Å². The van der Waals surface area contributed by atoms with Gasteiger partial charge < -0.3 is 10.1 Å². The average Bonchev–Trinajstić information content (AvgIpc) is 2.30. The van der Waals surface area contributed by atoms with Gasteiger partial charge in [0.1, 0.15) is 0 Å². The van der Waals surface area contributed by atoms with Gasteiger partial charge in [-0.25, -0.2) is 0 Å². The lowest BCUT2D eigenvalue weighted by Crippen LogP contribution is -2.44. The summed E-state index contributed by atoms with van der Waals surface area (Å²) in [4.78, 5) is 11.2. The first-order chi connectivity index (χ1) is 9.74. The van der Waals surface area contributed by atoms with Crippen molar-refractivity contribution in [3.63, 3.8) is 0 Å². The van der Waals surface area contributed by atoms with Crippen LogP contribution in [-0.2, 0) is 9.53 Å². The summed E-state index contributed by atoms with van der Waals surface area (Å²) >= 11 is 0. The highest BCUT2D eigenvalue weighted by molar-refractivity contribution is 5.69. The second-order valence-corrected chi connectivity index (χ2v) is 8.18. The molecule has 0 amide bonds. The van der Waals surface area contributed by atoms with E-state index in [1.807, 2.05) is 6.92 Å². The number of esters is 1. The van der Waals surface area contributed by atoms with E-state index in [4.69, 9.17) is 4.74 Å². The molecule has 1 saturated carbocycles. The summed E-state index contributed by atoms with van der Waals surface area (Å²) in [6, 6.07) is 0.647. The Kier molecular flexibility index (Phi) is 7.19. The third kappa shape index (κ3) is 7.85. The van der Waals surface area contributed by atoms with Gasteiger partial charge in [0.25, 0.3) is 0 Å². The number of nitrogens with one attached hydrogen (secondary N) is 1. The van der Waals surface area contributed by atoms with Crippen LogP contribution in [0.3, 0.4) is 0 Å². The number of hydrogen-bond donors (Lipinski definition) is 1. The molecule has 0 heterocycles. The van der Waals surface area contributed by atoms with Crippen molar-refractivity contribution in [2.24, 2.45) is 10.8 Å². The third-order valence-electron chi connectivity index (χ3n) is 4.35. The lowest BCUT2D eigenvalue weighted by atomic mass is 9.63. The molecule has 0 spiro atoms. The summed E-state index contributed by atoms with van der Waals surface area (Å²) in [5.41, 5.74) is 0.895. The van der Waals surface area contributed by atoms with E-state index in [0.29, 0.717) is 29.9 Å². The van der Waals surface area contributed by atoms with Gasteiger partial charge >= 0.3 is 5.97 Å². The smallest absolute Gasteiger partial charge is 0.305 e. The summed E-state index contributed by atoms with van der Waals surface area (Å²) in [7, 11) is 0. The monoisotopic (exact) mass is 297 g/mol. The van der Waals surface area contributed by atoms with E-state index in [-0.39, 0.29) is 5.97 Å². The zero-order valence-corrected chi connectivity index (χ0v) is 14.8. The fourth-order valence-electron chi connectivity index (χ4n) is 4.10. The summed E-state index contributed by atoms with van der Waals surface area (Å²) in [6.07, 6.45) is 7.64. The van der Waals surface area contributed by atoms with Crippen LogP contribution in [0.2, 0.25) is 0 Å². The van der Waals surface area contributed by atoms with Crippen molar-refractivity contribution >= 4 is 5.97 Å². The average molecular weight is 297 g/mol. The molecule has 0 aromatic carbocycles. The summed E-state index contributed by atoms with van der Waals surface area (Å²) < 4.78 is 4.93. The number of carbonyl (C=O) groups is 1. The minimum Gasteiger partial charge on any atom is -0.466 e. The molecule has 124 valence electrons. The molecule has 0 unspecified atom stereocenters. The second-order valence-electron chi connectivity index (χ2n) is 8.18. The zero-order valence-electron chi connectivity index (χ0n) is 14.8. The van der Waals surface area contributed by atoms with Gasteiger partial charge in [-0.15, -0.1) is 0 Å². The van der Waals surface area contributed by atoms with Crippen LogP contribution < -0.4 is 5.32 Å². The molecule has 3 heteroatoms. The number of unbranched alkanes of at least 4 members (excludes halogenated alkanes) is 2. The molecule has 1 fully saturated rings. The number of rotatable bonds is 8. The van der Waals surface area contributed by atoms with Crippen LogP contribution >= 0.6 is 0 Å². The Balaban J connectivity index is 2.14. The molecule has 3 nitrogen and oxygen atoms in total. The van der Waals surface area contributed by atoms with E-state index in [9.17, 15) is 4.79 Å². The molecular weight excluding hydrogens is 262 g/mol. The first-order valence-electron chi connectivity index (χ1n) is 8.63. The van der Waals surface area contributed by atoms with Gasteiger partial charge in [0.2, 0.25) is 0 Å². The van der Waals surface area contributed by atoms with E-state index < -0.39 is 0 Å². The van der Waals surface area contributed by atoms with Crippen LogP contribution in [0, 0.1) is 10.8 Å². The Labute approximate surface area is 131 Å². The van der Waals surface area contributed by atoms with Crippen molar-refractivity contribution in [2.45, 2.75) is 85.6 Å². The van der Waals surface area contributed by atoms with Crippen LogP contribution in [0.1, 0.15) is 79.6 Å². The SMILES string of the molecule is CCOC(=O)CCCCCNC1CC(C)(C)CC(C)(C)C1. The standard InChI is InChI=1S/C18H35NO2/c1-6-21-16(20)10-8-7-9-11-19-15-12-17(2,3)14-18(4,5)13-15/h15,19H,6-14H2,1-5H3. The van der Waals surface area contributed by atoms with Crippen molar-refractivity contribution in [2.75, 3.05) is 13.2 Å². The summed E-state index contributed by atoms with van der Waals surface area (Å²) in [5, 5.41) is 3.73. The molecule has 0 aliphatic heterocycles. The number of carbonyl (C=O) groups excluding carboxylic acids is 1. The Morgan fingerprint density at radius 3 is 2.29 bits per heavy atom. The van der Waals surface area contributed by atoms with E-state index in [2.05, 4.69) is 33.0 Å². The molecule has 1 aliphatic rings. The van der Waals surface area contributed by atoms with Gasteiger partial charge in [-0.2, -0.15) is 0 Å². The minimum atomic E-state index is -0.0544. The van der Waals surface area contributed by atoms with Gasteiger partial charge in [-0.1, -0.05) is 34.1 Å². The molecule has 0 bridgehead atoms. The van der Waals surface area contributed by atoms with Crippen molar-refractivity contribution in [3.05, 3.63) is 0 Å². The van der Waals surface area contributed by atoms with Crippen LogP contribution in [-0.4, -0.2) is 25.2 Å². The molecular formula is C18H35NO2. The lowest BCUT2D eigenvalue weighted by Gasteiger charge is -2.45. The highest BCUT2D eigenvalue weighted by Crippen LogP contribution is 2.45. The predicted octanol–water partition coefficient (Wildman–Crippen LogP) is 4.30. The Morgan fingerprint density at radius 2 is 1.71 bits per heavy atom. The largest absolute Gasteiger partial charge is 0.466 e. The van der Waals surface area contributed by atoms with E-state index >= 15 is 0 Å². The summed E-state index contributed by atoms with van der Waals surface area (Å²) in [5.74, 6) is -0.0544. The maximum absolute atomic E-state index is 11.2. The topological polar surface area (TPSA) is 38.3 Å². The first-order valence-corrected chi connectivity index (χ1v) is 8.63. The Bertz CT molecular complexity index is 307. The highest BCUT2D eigenvalue weighted by atomic mass is 16.5. The molecule has 0 radical (unpaired) electrons. The molecule has 1 aliphatic carbocycles. The lowest BCUT2D eigenvalue weighted by molar-refractivity contribution is -0.143. The maximum atomic E-state index is 11.2. The van der Waals surface area contributed by atoms with Crippen molar-refractivity contribution < 1.29 is 9.53 Å². The Hall–Kier alpha value is -0.570. The van der Waals surface area contributed by atoms with Crippen LogP contribution in [0.15, 0.2) is 0 Å². The first kappa shape index (κ1) is 18.5. The van der Waals surface area contributed by atoms with E-state index in [0.717, 1.165) is 25.8 Å². The molecule has 0 aromatic heterocycles. The van der Waals surface area contributed by atoms with Crippen LogP contribution in [0.5, 0.6) is 0 Å². The van der Waals surface area contributed by atoms with E-state index in [1.54, 1.807) is 0 Å². The number of hydrogen-bond acceptors (Lipinski definition) is 3. The van der Waals surface area contributed by atoms with E-state index in [1.165, 1.54) is 19.3 Å². The molecule has 1 N–H and O–H groups in total. The maximum Gasteiger partial charge on any atom is 0.305 e. The second kappa shape index (κ2) is 8.17. The molecule has 21 heavy (non-hydrogen) atoms. The van der Waals surface area contributed by atoms with Gasteiger partial charge in [0.05, 0.1) is 6.61 Å². The van der Waals surface area contributed by atoms with Crippen molar-refractivity contribution in [1.29, 1.82) is 0 Å². The van der Waals surface area contributed by atoms with Gasteiger partial charge in [0, 0.05) is 12.5 Å². The van der Waals surface area contributed by atoms with Crippen molar-refractivity contribution in [3.8, 4) is 0 Å². The molecule has 0 saturated heterocycles. The fraction of sp³-hybridized carbons (Fsp3) is 0.944. The zero-order chi connectivity index (χ0) is 15.9. The van der Waals surface area contributed by atoms with Crippen LogP contribution in [0.4, 0.5) is 0 Å². The van der Waals surface area contributed by atoms with Gasteiger partial charge in [0.15, 0.2) is 0 Å². The quantitative estimate of drug-likeness (QED) is 0.536. The van der Waals surface area contributed by atoms with Crippen LogP contribution in [0.25, 0.3) is 0 Å².